The van der Waals surface area contributed by atoms with Crippen molar-refractivity contribution in [1.29, 1.82) is 0 Å². The van der Waals surface area contributed by atoms with E-state index in [1.54, 1.807) is 0 Å². The van der Waals surface area contributed by atoms with Crippen molar-refractivity contribution in [3.05, 3.63) is 47.5 Å². The van der Waals surface area contributed by atoms with E-state index in [4.69, 9.17) is 4.74 Å². The molecule has 0 fully saturated rings. The second-order valence-corrected chi connectivity index (χ2v) is 15.7. The van der Waals surface area contributed by atoms with Gasteiger partial charge in [-0.25, -0.2) is 0 Å². The van der Waals surface area contributed by atoms with E-state index in [0.717, 1.165) is 0 Å². The van der Waals surface area contributed by atoms with Crippen molar-refractivity contribution in [2.75, 3.05) is 0 Å². The predicted molar refractivity (Wildman–Crippen MR) is 142 cm³/mol. The van der Waals surface area contributed by atoms with Crippen LogP contribution in [0.15, 0.2) is 36.4 Å². The van der Waals surface area contributed by atoms with E-state index in [2.05, 4.69) is 12.5 Å². The van der Waals surface area contributed by atoms with Crippen LogP contribution in [0.25, 0.3) is 0 Å². The van der Waals surface area contributed by atoms with E-state index in [1.807, 2.05) is 0 Å². The largest absolute Gasteiger partial charge is 0.534 e. The lowest BCUT2D eigenvalue weighted by Crippen LogP contribution is -2.63. The van der Waals surface area contributed by atoms with Crippen LogP contribution < -0.4 is 17.3 Å². The van der Waals surface area contributed by atoms with Crippen LogP contribution in [0.4, 0.5) is 92.2 Å². The Morgan fingerprint density at radius 3 is 1.27 bits per heavy atom. The first kappa shape index (κ1) is 49.1. The molecule has 2 aromatic carbocycles. The maximum atomic E-state index is 14.3. The molecule has 0 bridgehead atoms. The molecule has 0 aliphatic carbocycles. The summed E-state index contributed by atoms with van der Waals surface area (Å²) in [6, 6.07) is -0.136. The number of ketones is 1. The van der Waals surface area contributed by atoms with Gasteiger partial charge in [-0.3, -0.25) is 4.79 Å². The highest BCUT2D eigenvalue weighted by Crippen LogP contribution is 2.57. The van der Waals surface area contributed by atoms with Crippen LogP contribution in [0.3, 0.4) is 0 Å². The Hall–Kier alpha value is -4.31. The van der Waals surface area contributed by atoms with Crippen LogP contribution in [0.1, 0.15) is 28.4 Å². The number of halogens is 21. The van der Waals surface area contributed by atoms with Crippen LogP contribution in [0.5, 0.6) is 23.0 Å². The highest BCUT2D eigenvalue weighted by Gasteiger charge is 2.87. The Morgan fingerprint density at radius 1 is 0.508 bits per heavy atom. The molecule has 0 spiro atoms. The molecule has 0 amide bonds. The van der Waals surface area contributed by atoms with Gasteiger partial charge >= 0.3 is 82.4 Å². The Balaban J connectivity index is 2.10. The fourth-order valence-electron chi connectivity index (χ4n) is 4.00. The highest BCUT2D eigenvalue weighted by molar-refractivity contribution is 7.88. The molecule has 336 valence electrons. The van der Waals surface area contributed by atoms with E-state index < -0.39 is 141 Å². The van der Waals surface area contributed by atoms with Crippen molar-refractivity contribution in [2.24, 2.45) is 0 Å². The maximum absolute atomic E-state index is 14.3. The third-order valence-electron chi connectivity index (χ3n) is 6.96. The van der Waals surface area contributed by atoms with E-state index in [-0.39, 0.29) is 18.2 Å². The first-order valence-electron chi connectivity index (χ1n) is 13.6. The molecular weight excluding hydrogens is 959 g/mol. The maximum Gasteiger partial charge on any atom is 0.534 e. The van der Waals surface area contributed by atoms with Crippen molar-refractivity contribution in [2.45, 2.75) is 64.6 Å². The molecule has 1 aliphatic rings. The number of fused-ring (bicyclic) bond motifs is 1. The average molecular weight is 968 g/mol. The van der Waals surface area contributed by atoms with Gasteiger partial charge in [0.15, 0.2) is 11.5 Å². The molecule has 0 unspecified atom stereocenters. The van der Waals surface area contributed by atoms with Crippen molar-refractivity contribution in [3.63, 3.8) is 0 Å². The van der Waals surface area contributed by atoms with E-state index in [9.17, 15) is 122 Å². The zero-order valence-corrected chi connectivity index (χ0v) is 28.9. The predicted octanol–water partition coefficient (Wildman–Crippen LogP) is 7.89. The van der Waals surface area contributed by atoms with Gasteiger partial charge in [-0.1, -0.05) is 12.1 Å². The Morgan fingerprint density at radius 2 is 0.898 bits per heavy atom. The number of carbonyl (C=O) groups excluding carboxylic acids is 1. The van der Waals surface area contributed by atoms with Crippen LogP contribution in [0, 0.1) is 0 Å². The number of benzene rings is 2. The molecule has 0 aromatic heterocycles. The zero-order chi connectivity index (χ0) is 46.4. The van der Waals surface area contributed by atoms with Crippen molar-refractivity contribution >= 4 is 36.1 Å². The van der Waals surface area contributed by atoms with E-state index in [1.165, 1.54) is 0 Å². The Bertz CT molecular complexity index is 2300. The lowest BCUT2D eigenvalue weighted by Gasteiger charge is -2.32. The first-order chi connectivity index (χ1) is 25.8. The molecule has 0 saturated carbocycles. The van der Waals surface area contributed by atoms with E-state index in [0.29, 0.717) is 12.1 Å². The van der Waals surface area contributed by atoms with Crippen molar-refractivity contribution in [1.82, 2.24) is 0 Å². The molecule has 2 aromatic rings. The summed E-state index contributed by atoms with van der Waals surface area (Å²) in [5.74, 6) is -40.7. The first-order valence-corrected chi connectivity index (χ1v) is 17.8. The van der Waals surface area contributed by atoms with Gasteiger partial charge in [0.1, 0.15) is 28.9 Å². The van der Waals surface area contributed by atoms with Gasteiger partial charge in [-0.2, -0.15) is 117 Å². The summed E-state index contributed by atoms with van der Waals surface area (Å²) < 4.78 is 364. The van der Waals surface area contributed by atoms with Crippen LogP contribution in [-0.4, -0.2) is 83.1 Å². The summed E-state index contributed by atoms with van der Waals surface area (Å²) in [7, 11) is -22.5. The fourth-order valence-corrected chi connectivity index (χ4v) is 6.27. The molecule has 59 heavy (non-hydrogen) atoms. The topological polar surface area (TPSA) is 156 Å². The number of Topliss-reactive ketones (excluding diaryl/α,β-unsaturated/α-hetero) is 1. The Labute approximate surface area is 310 Å². The summed E-state index contributed by atoms with van der Waals surface area (Å²) in [5, 5.41) is -15.0. The molecule has 1 heterocycles. The number of hydrogen-bond acceptors (Lipinski definition) is 11. The molecule has 1 aliphatic heterocycles. The summed E-state index contributed by atoms with van der Waals surface area (Å²) in [4.78, 5) is 12.9. The summed E-state index contributed by atoms with van der Waals surface area (Å²) in [6.45, 7) is 0. The fraction of sp³-hybridized carbons (Fsp3) is 0.458. The molecular formula is C24H9F21O11S3. The Kier molecular flexibility index (Phi) is 11.8. The van der Waals surface area contributed by atoms with Gasteiger partial charge < -0.3 is 17.3 Å². The quantitative estimate of drug-likeness (QED) is 0.109. The normalized spacial score (nSPS) is 17.2. The second-order valence-electron chi connectivity index (χ2n) is 11.0. The van der Waals surface area contributed by atoms with Gasteiger partial charge in [-0.15, -0.1) is 0 Å². The third kappa shape index (κ3) is 8.03. The van der Waals surface area contributed by atoms with Crippen LogP contribution in [-0.2, 0) is 30.4 Å². The van der Waals surface area contributed by atoms with Crippen molar-refractivity contribution in [3.8, 4) is 23.0 Å². The number of ether oxygens (including phenoxy) is 1. The van der Waals surface area contributed by atoms with Gasteiger partial charge in [0.25, 0.3) is 0 Å². The van der Waals surface area contributed by atoms with E-state index >= 15 is 0 Å². The third-order valence-corrected chi connectivity index (χ3v) is 10.5. The molecule has 11 nitrogen and oxygen atoms in total. The van der Waals surface area contributed by atoms with Gasteiger partial charge in [-0.05, 0) is 17.7 Å². The van der Waals surface area contributed by atoms with Gasteiger partial charge in [0.2, 0.25) is 0 Å². The van der Waals surface area contributed by atoms with Gasteiger partial charge in [0.05, 0.1) is 6.42 Å². The number of alkyl halides is 21. The number of rotatable bonds is 13. The molecule has 35 heteroatoms. The molecule has 0 radical (unpaired) electrons. The SMILES string of the molecule is O=C1C[C@@H](c2ccc(OS(=O)(=O)C(F)(F)C(F)(F)C(F)(F)C(F)(F)F)cc2)Oc2cc(OS(=O)(=O)C(F)(F)C(F)(F)C(F)(F)C(F)(F)F)cc(OS(=O)(=O)C(F)(F)F)c21. The number of carbonyl (C=O) groups is 1. The molecule has 1 atom stereocenters. The standard InChI is InChI=1S/C24H9F21O11S3/c25-16(26,20(33,34)35)18(29,30)22(39,40)57(47,48)54-9-3-1-8(2-4-9)12-7-11(46)15-13(53-12)5-10(6-14(15)56-59(51,52)24(43,44)45)55-58(49,50)23(41,42)19(31,32)17(27,28)21(36,37)38/h1-6,12H,7H2/t12-/m0/s1. The molecule has 3 rings (SSSR count). The number of hydrogen-bond donors (Lipinski definition) is 0. The minimum atomic E-state index is -7.97. The molecule has 0 N–H and O–H groups in total. The lowest BCUT2D eigenvalue weighted by molar-refractivity contribution is -0.382. The second kappa shape index (κ2) is 14.1. The summed E-state index contributed by atoms with van der Waals surface area (Å²) in [6.07, 6.45) is -18.5. The minimum Gasteiger partial charge on any atom is -0.484 e. The minimum absolute atomic E-state index is 0.0713. The van der Waals surface area contributed by atoms with Crippen LogP contribution in [0.2, 0.25) is 0 Å². The van der Waals surface area contributed by atoms with Gasteiger partial charge in [0, 0.05) is 12.1 Å². The van der Waals surface area contributed by atoms with Crippen LogP contribution >= 0.6 is 0 Å². The molecule has 0 saturated heterocycles. The zero-order valence-electron chi connectivity index (χ0n) is 26.4. The summed E-state index contributed by atoms with van der Waals surface area (Å²) in [5.41, 5.74) is -8.78. The smallest absolute Gasteiger partial charge is 0.484 e. The van der Waals surface area contributed by atoms with Crippen molar-refractivity contribution < 1.29 is 140 Å². The monoisotopic (exact) mass is 968 g/mol. The highest BCUT2D eigenvalue weighted by atomic mass is 32.2. The average Bonchev–Trinajstić information content (AvgIpc) is 3.02. The summed E-state index contributed by atoms with van der Waals surface area (Å²) >= 11 is 0. The lowest BCUT2D eigenvalue weighted by atomic mass is 9.95.